The molecule has 1 rings (SSSR count). The van der Waals surface area contributed by atoms with Crippen LogP contribution in [0, 0.1) is 0 Å². The maximum Gasteiger partial charge on any atom is 0.404 e. The highest BCUT2D eigenvalue weighted by Gasteiger charge is 1.96. The fourth-order valence-electron chi connectivity index (χ4n) is 0.919. The Morgan fingerprint density at radius 3 is 2.57 bits per heavy atom. The van der Waals surface area contributed by atoms with E-state index in [1.165, 1.54) is 6.08 Å². The van der Waals surface area contributed by atoms with E-state index in [1.807, 2.05) is 0 Å². The summed E-state index contributed by atoms with van der Waals surface area (Å²) >= 11 is 0. The normalized spacial score (nSPS) is 8.86. The van der Waals surface area contributed by atoms with Crippen LogP contribution in [0.15, 0.2) is 29.3 Å². The smallest absolute Gasteiger partial charge is 0.404 e. The van der Waals surface area contributed by atoms with Crippen molar-refractivity contribution in [3.8, 4) is 0 Å². The van der Waals surface area contributed by atoms with Gasteiger partial charge in [0, 0.05) is 6.54 Å². The first kappa shape index (κ1) is 9.95. The molecule has 0 spiro atoms. The molecule has 0 aromatic heterocycles. The SMILES string of the molecule is O=C=Nc1ccc(CNC(=O)O)cc1. The number of carboxylic acid groups (broad SMARTS) is 1. The van der Waals surface area contributed by atoms with Gasteiger partial charge in [0.1, 0.15) is 0 Å². The van der Waals surface area contributed by atoms with Crippen LogP contribution in [0.1, 0.15) is 5.56 Å². The molecule has 0 saturated heterocycles. The third-order valence-corrected chi connectivity index (χ3v) is 1.55. The second-order valence-electron chi connectivity index (χ2n) is 2.53. The summed E-state index contributed by atoms with van der Waals surface area (Å²) in [6.45, 7) is 0.237. The molecule has 0 bridgehead atoms. The van der Waals surface area contributed by atoms with E-state index < -0.39 is 6.09 Å². The van der Waals surface area contributed by atoms with Crippen molar-refractivity contribution in [1.29, 1.82) is 0 Å². The van der Waals surface area contributed by atoms with E-state index in [2.05, 4.69) is 10.3 Å². The third-order valence-electron chi connectivity index (χ3n) is 1.55. The van der Waals surface area contributed by atoms with E-state index in [0.717, 1.165) is 5.56 Å². The number of nitrogens with zero attached hydrogens (tertiary/aromatic N) is 1. The molecule has 0 atom stereocenters. The lowest BCUT2D eigenvalue weighted by atomic mass is 10.2. The summed E-state index contributed by atoms with van der Waals surface area (Å²) in [5, 5.41) is 10.6. The monoisotopic (exact) mass is 192 g/mol. The van der Waals surface area contributed by atoms with Crippen molar-refractivity contribution in [3.05, 3.63) is 29.8 Å². The summed E-state index contributed by atoms with van der Waals surface area (Å²) < 4.78 is 0. The molecule has 0 saturated carbocycles. The zero-order valence-electron chi connectivity index (χ0n) is 7.23. The van der Waals surface area contributed by atoms with Crippen LogP contribution in [0.3, 0.4) is 0 Å². The minimum Gasteiger partial charge on any atom is -0.465 e. The number of hydrogen-bond donors (Lipinski definition) is 2. The second kappa shape index (κ2) is 4.79. The summed E-state index contributed by atoms with van der Waals surface area (Å²) in [5.41, 5.74) is 1.30. The van der Waals surface area contributed by atoms with Gasteiger partial charge in [-0.25, -0.2) is 9.59 Å². The molecule has 5 nitrogen and oxygen atoms in total. The standard InChI is InChI=1S/C9H8N2O3/c12-6-11-8-3-1-7(2-4-8)5-10-9(13)14/h1-4,10H,5H2,(H,13,14). The molecule has 1 amide bonds. The first-order chi connectivity index (χ1) is 6.72. The van der Waals surface area contributed by atoms with E-state index in [0.29, 0.717) is 5.69 Å². The van der Waals surface area contributed by atoms with Gasteiger partial charge in [-0.15, -0.1) is 0 Å². The Balaban J connectivity index is 2.63. The Morgan fingerprint density at radius 1 is 1.43 bits per heavy atom. The van der Waals surface area contributed by atoms with Crippen molar-refractivity contribution in [2.75, 3.05) is 0 Å². The number of benzene rings is 1. The van der Waals surface area contributed by atoms with Gasteiger partial charge < -0.3 is 10.4 Å². The maximum atomic E-state index is 10.2. The van der Waals surface area contributed by atoms with Crippen LogP contribution in [-0.2, 0) is 11.3 Å². The quantitative estimate of drug-likeness (QED) is 0.561. The van der Waals surface area contributed by atoms with Gasteiger partial charge in [0.05, 0.1) is 5.69 Å². The van der Waals surface area contributed by atoms with E-state index in [-0.39, 0.29) is 6.54 Å². The molecule has 14 heavy (non-hydrogen) atoms. The minimum absolute atomic E-state index is 0.237. The molecular formula is C9H8N2O3. The van der Waals surface area contributed by atoms with Crippen molar-refractivity contribution < 1.29 is 14.7 Å². The largest absolute Gasteiger partial charge is 0.465 e. The lowest BCUT2D eigenvalue weighted by Gasteiger charge is -2.00. The predicted octanol–water partition coefficient (Wildman–Crippen LogP) is 1.42. The number of hydrogen-bond acceptors (Lipinski definition) is 3. The van der Waals surface area contributed by atoms with Crippen molar-refractivity contribution in [3.63, 3.8) is 0 Å². The molecule has 0 aliphatic heterocycles. The van der Waals surface area contributed by atoms with Gasteiger partial charge in [-0.3, -0.25) is 0 Å². The van der Waals surface area contributed by atoms with Crippen LogP contribution in [0.5, 0.6) is 0 Å². The summed E-state index contributed by atoms with van der Waals surface area (Å²) in [4.78, 5) is 23.5. The van der Waals surface area contributed by atoms with Gasteiger partial charge >= 0.3 is 6.09 Å². The summed E-state index contributed by atoms with van der Waals surface area (Å²) in [6, 6.07) is 6.60. The highest BCUT2D eigenvalue weighted by molar-refractivity contribution is 5.64. The van der Waals surface area contributed by atoms with Crippen molar-refractivity contribution in [2.45, 2.75) is 6.54 Å². The van der Waals surface area contributed by atoms with Gasteiger partial charge in [-0.05, 0) is 17.7 Å². The zero-order valence-corrected chi connectivity index (χ0v) is 7.23. The lowest BCUT2D eigenvalue weighted by molar-refractivity contribution is 0.194. The molecule has 0 aliphatic rings. The van der Waals surface area contributed by atoms with E-state index in [9.17, 15) is 9.59 Å². The Bertz CT molecular complexity index is 366. The molecule has 0 radical (unpaired) electrons. The molecule has 0 heterocycles. The highest BCUT2D eigenvalue weighted by atomic mass is 16.4. The van der Waals surface area contributed by atoms with Crippen LogP contribution in [0.4, 0.5) is 10.5 Å². The van der Waals surface area contributed by atoms with Crippen LogP contribution in [-0.4, -0.2) is 17.3 Å². The molecule has 0 aliphatic carbocycles. The van der Waals surface area contributed by atoms with Crippen molar-refractivity contribution in [1.82, 2.24) is 5.32 Å². The number of aliphatic imine (C=N–C) groups is 1. The summed E-state index contributed by atoms with van der Waals surface area (Å²) in [5.74, 6) is 0. The Labute approximate surface area is 80.1 Å². The summed E-state index contributed by atoms with van der Waals surface area (Å²) in [7, 11) is 0. The van der Waals surface area contributed by atoms with Crippen LogP contribution >= 0.6 is 0 Å². The average molecular weight is 192 g/mol. The first-order valence-electron chi connectivity index (χ1n) is 3.86. The first-order valence-corrected chi connectivity index (χ1v) is 3.86. The lowest BCUT2D eigenvalue weighted by Crippen LogP contribution is -2.19. The Kier molecular flexibility index (Phi) is 3.41. The third kappa shape index (κ3) is 3.08. The van der Waals surface area contributed by atoms with Gasteiger partial charge in [0.25, 0.3) is 0 Å². The number of rotatable bonds is 3. The maximum absolute atomic E-state index is 10.2. The minimum atomic E-state index is -1.07. The molecule has 0 unspecified atom stereocenters. The highest BCUT2D eigenvalue weighted by Crippen LogP contribution is 2.11. The number of nitrogens with one attached hydrogen (secondary N) is 1. The number of isocyanates is 1. The van der Waals surface area contributed by atoms with Gasteiger partial charge in [-0.1, -0.05) is 12.1 Å². The van der Waals surface area contributed by atoms with Crippen LogP contribution in [0.25, 0.3) is 0 Å². The number of amides is 1. The molecule has 5 heteroatoms. The Morgan fingerprint density at radius 2 is 2.07 bits per heavy atom. The average Bonchev–Trinajstić information content (AvgIpc) is 2.17. The zero-order chi connectivity index (χ0) is 10.4. The van der Waals surface area contributed by atoms with Gasteiger partial charge in [0.15, 0.2) is 0 Å². The predicted molar refractivity (Wildman–Crippen MR) is 49.1 cm³/mol. The number of carbonyl (C=O) groups is 1. The summed E-state index contributed by atoms with van der Waals surface area (Å²) in [6.07, 6.45) is 0.349. The van der Waals surface area contributed by atoms with Gasteiger partial charge in [0.2, 0.25) is 6.08 Å². The number of carbonyl (C=O) groups excluding carboxylic acids is 1. The second-order valence-corrected chi connectivity index (χ2v) is 2.53. The topological polar surface area (TPSA) is 78.8 Å². The molecule has 2 N–H and O–H groups in total. The van der Waals surface area contributed by atoms with Crippen molar-refractivity contribution in [2.24, 2.45) is 4.99 Å². The molecule has 1 aromatic carbocycles. The molecule has 0 fully saturated rings. The van der Waals surface area contributed by atoms with Crippen molar-refractivity contribution >= 4 is 17.9 Å². The van der Waals surface area contributed by atoms with E-state index in [1.54, 1.807) is 24.3 Å². The fourth-order valence-corrected chi connectivity index (χ4v) is 0.919. The van der Waals surface area contributed by atoms with E-state index in [4.69, 9.17) is 5.11 Å². The molecule has 72 valence electrons. The van der Waals surface area contributed by atoms with Crippen LogP contribution < -0.4 is 5.32 Å². The van der Waals surface area contributed by atoms with Gasteiger partial charge in [-0.2, -0.15) is 4.99 Å². The molecule has 1 aromatic rings. The van der Waals surface area contributed by atoms with E-state index >= 15 is 0 Å². The Hall–Kier alpha value is -2.13. The molecular weight excluding hydrogens is 184 g/mol. The fraction of sp³-hybridized carbons (Fsp3) is 0.111. The van der Waals surface area contributed by atoms with Crippen LogP contribution in [0.2, 0.25) is 0 Å².